The van der Waals surface area contributed by atoms with E-state index in [-0.39, 0.29) is 12.5 Å². The Hall–Kier alpha value is -2.77. The van der Waals surface area contributed by atoms with Gasteiger partial charge in [-0.1, -0.05) is 43.2 Å². The summed E-state index contributed by atoms with van der Waals surface area (Å²) in [7, 11) is 1.31. The molecule has 0 aliphatic heterocycles. The van der Waals surface area contributed by atoms with Crippen LogP contribution in [-0.2, 0) is 25.6 Å². The smallest absolute Gasteiger partial charge is 0.408 e. The van der Waals surface area contributed by atoms with E-state index in [0.717, 1.165) is 31.2 Å². The van der Waals surface area contributed by atoms with Crippen LogP contribution in [0.15, 0.2) is 30.3 Å². The van der Waals surface area contributed by atoms with Crippen LogP contribution >= 0.6 is 0 Å². The first kappa shape index (κ1) is 25.5. The molecular weight excluding hydrogens is 412 g/mol. The lowest BCUT2D eigenvalue weighted by Gasteiger charge is -2.30. The first-order valence-electron chi connectivity index (χ1n) is 11.2. The van der Waals surface area contributed by atoms with Crippen LogP contribution in [0, 0.1) is 11.8 Å². The van der Waals surface area contributed by atoms with Gasteiger partial charge in [0.2, 0.25) is 0 Å². The van der Waals surface area contributed by atoms with E-state index in [1.165, 1.54) is 7.11 Å². The Morgan fingerprint density at radius 1 is 1.00 bits per heavy atom. The minimum Gasteiger partial charge on any atom is -0.467 e. The summed E-state index contributed by atoms with van der Waals surface area (Å²) < 4.78 is 15.4. The zero-order valence-corrected chi connectivity index (χ0v) is 19.5. The summed E-state index contributed by atoms with van der Waals surface area (Å²) in [4.78, 5) is 36.2. The minimum atomic E-state index is -0.746. The lowest BCUT2D eigenvalue weighted by molar-refractivity contribution is -0.143. The van der Waals surface area contributed by atoms with E-state index in [1.54, 1.807) is 0 Å². The zero-order valence-electron chi connectivity index (χ0n) is 19.5. The van der Waals surface area contributed by atoms with Crippen LogP contribution < -0.4 is 10.6 Å². The Balaban J connectivity index is 1.75. The van der Waals surface area contributed by atoms with Gasteiger partial charge < -0.3 is 24.8 Å². The van der Waals surface area contributed by atoms with E-state index in [1.807, 2.05) is 51.1 Å². The second-order valence-electron chi connectivity index (χ2n) is 9.29. The third kappa shape index (κ3) is 9.58. The van der Waals surface area contributed by atoms with Gasteiger partial charge in [0.1, 0.15) is 18.2 Å². The standard InChI is InChI=1S/C24H36N2O6/c1-24(2,3)32-22(28)25-15-18-12-10-17(11-13-18)14-20(21(27)30-4)26-23(29)31-16-19-8-6-5-7-9-19/h5-9,17-18,20H,10-16H2,1-4H3,(H,25,28)(H,26,29)/t17?,18?,20-/m0/s1. The summed E-state index contributed by atoms with van der Waals surface area (Å²) in [5.74, 6) is 0.181. The number of alkyl carbamates (subject to hydrolysis) is 2. The summed E-state index contributed by atoms with van der Waals surface area (Å²) in [6, 6.07) is 8.60. The molecule has 1 saturated carbocycles. The number of carbonyl (C=O) groups excluding carboxylic acids is 3. The first-order chi connectivity index (χ1) is 15.2. The Kier molecular flexibility index (Phi) is 9.81. The molecule has 0 spiro atoms. The summed E-state index contributed by atoms with van der Waals surface area (Å²) in [6.07, 6.45) is 3.16. The van der Waals surface area contributed by atoms with Gasteiger partial charge in [0.05, 0.1) is 7.11 Å². The molecule has 0 bridgehead atoms. The number of amides is 2. The van der Waals surface area contributed by atoms with Gasteiger partial charge in [0.25, 0.3) is 0 Å². The SMILES string of the molecule is COC(=O)[C@H](CC1CCC(CNC(=O)OC(C)(C)C)CC1)NC(=O)OCc1ccccc1. The molecule has 0 saturated heterocycles. The van der Waals surface area contributed by atoms with E-state index in [0.29, 0.717) is 18.9 Å². The van der Waals surface area contributed by atoms with Crippen molar-refractivity contribution in [2.24, 2.45) is 11.8 Å². The number of nitrogens with one attached hydrogen (secondary N) is 2. The molecular formula is C24H36N2O6. The predicted molar refractivity (Wildman–Crippen MR) is 120 cm³/mol. The molecule has 0 aromatic heterocycles. The maximum absolute atomic E-state index is 12.2. The molecule has 2 amide bonds. The number of carbonyl (C=O) groups is 3. The highest BCUT2D eigenvalue weighted by molar-refractivity contribution is 5.81. The molecule has 8 nitrogen and oxygen atoms in total. The van der Waals surface area contributed by atoms with Gasteiger partial charge in [0, 0.05) is 6.54 Å². The molecule has 1 aromatic carbocycles. The fraction of sp³-hybridized carbons (Fsp3) is 0.625. The second-order valence-corrected chi connectivity index (χ2v) is 9.29. The molecule has 0 heterocycles. The zero-order chi connectivity index (χ0) is 23.6. The van der Waals surface area contributed by atoms with Gasteiger partial charge in [0.15, 0.2) is 0 Å². The highest BCUT2D eigenvalue weighted by atomic mass is 16.6. The van der Waals surface area contributed by atoms with Crippen LogP contribution in [0.3, 0.4) is 0 Å². The third-order valence-corrected chi connectivity index (χ3v) is 5.46. The summed E-state index contributed by atoms with van der Waals surface area (Å²) in [5.41, 5.74) is 0.357. The largest absolute Gasteiger partial charge is 0.467 e. The van der Waals surface area contributed by atoms with Crippen LogP contribution in [0.2, 0.25) is 0 Å². The Bertz CT molecular complexity index is 739. The molecule has 1 atom stereocenters. The first-order valence-corrected chi connectivity index (χ1v) is 11.2. The van der Waals surface area contributed by atoms with Crippen molar-refractivity contribution >= 4 is 18.2 Å². The fourth-order valence-electron chi connectivity index (χ4n) is 3.81. The number of hydrogen-bond donors (Lipinski definition) is 2. The van der Waals surface area contributed by atoms with E-state index >= 15 is 0 Å². The average molecular weight is 449 g/mol. The molecule has 1 fully saturated rings. The lowest BCUT2D eigenvalue weighted by Crippen LogP contribution is -2.43. The van der Waals surface area contributed by atoms with Crippen molar-refractivity contribution in [3.8, 4) is 0 Å². The summed E-state index contributed by atoms with van der Waals surface area (Å²) in [5, 5.41) is 5.49. The lowest BCUT2D eigenvalue weighted by atomic mass is 9.79. The molecule has 1 aliphatic carbocycles. The number of hydrogen-bond acceptors (Lipinski definition) is 6. The maximum atomic E-state index is 12.2. The number of methoxy groups -OCH3 is 1. The monoisotopic (exact) mass is 448 g/mol. The highest BCUT2D eigenvalue weighted by Crippen LogP contribution is 2.31. The fourth-order valence-corrected chi connectivity index (χ4v) is 3.81. The molecule has 2 N–H and O–H groups in total. The molecule has 8 heteroatoms. The van der Waals surface area contributed by atoms with Crippen LogP contribution in [0.1, 0.15) is 58.4 Å². The van der Waals surface area contributed by atoms with Crippen molar-refractivity contribution in [3.05, 3.63) is 35.9 Å². The van der Waals surface area contributed by atoms with Crippen molar-refractivity contribution in [3.63, 3.8) is 0 Å². The van der Waals surface area contributed by atoms with Crippen molar-refractivity contribution in [2.75, 3.05) is 13.7 Å². The van der Waals surface area contributed by atoms with E-state index in [2.05, 4.69) is 10.6 Å². The number of rotatable bonds is 8. The normalized spacial score (nSPS) is 19.4. The van der Waals surface area contributed by atoms with Crippen LogP contribution in [0.5, 0.6) is 0 Å². The predicted octanol–water partition coefficient (Wildman–Crippen LogP) is 4.18. The third-order valence-electron chi connectivity index (χ3n) is 5.46. The van der Waals surface area contributed by atoms with Gasteiger partial charge in [-0.2, -0.15) is 0 Å². The maximum Gasteiger partial charge on any atom is 0.408 e. The molecule has 1 aromatic rings. The van der Waals surface area contributed by atoms with E-state index in [4.69, 9.17) is 14.2 Å². The topological polar surface area (TPSA) is 103 Å². The molecule has 1 aliphatic rings. The molecule has 178 valence electrons. The number of ether oxygens (including phenoxy) is 3. The Morgan fingerprint density at radius 2 is 1.62 bits per heavy atom. The van der Waals surface area contributed by atoms with Gasteiger partial charge in [-0.05, 0) is 57.4 Å². The van der Waals surface area contributed by atoms with Crippen molar-refractivity contribution in [1.29, 1.82) is 0 Å². The quantitative estimate of drug-likeness (QED) is 0.457. The summed E-state index contributed by atoms with van der Waals surface area (Å²) in [6.45, 7) is 6.21. The molecule has 2 rings (SSSR count). The Morgan fingerprint density at radius 3 is 2.22 bits per heavy atom. The van der Waals surface area contributed by atoms with Crippen molar-refractivity contribution < 1.29 is 28.6 Å². The van der Waals surface area contributed by atoms with Gasteiger partial charge in [-0.25, -0.2) is 14.4 Å². The van der Waals surface area contributed by atoms with Gasteiger partial charge in [-0.15, -0.1) is 0 Å². The van der Waals surface area contributed by atoms with E-state index < -0.39 is 29.8 Å². The number of esters is 1. The second kappa shape index (κ2) is 12.3. The van der Waals surface area contributed by atoms with Crippen LogP contribution in [-0.4, -0.2) is 43.5 Å². The summed E-state index contributed by atoms with van der Waals surface area (Å²) >= 11 is 0. The van der Waals surface area contributed by atoms with Crippen molar-refractivity contribution in [1.82, 2.24) is 10.6 Å². The minimum absolute atomic E-state index is 0.135. The highest BCUT2D eigenvalue weighted by Gasteiger charge is 2.29. The van der Waals surface area contributed by atoms with Crippen LogP contribution in [0.25, 0.3) is 0 Å². The Labute approximate surface area is 190 Å². The average Bonchev–Trinajstić information content (AvgIpc) is 2.75. The molecule has 32 heavy (non-hydrogen) atoms. The number of benzene rings is 1. The van der Waals surface area contributed by atoms with E-state index in [9.17, 15) is 14.4 Å². The van der Waals surface area contributed by atoms with Gasteiger partial charge >= 0.3 is 18.2 Å². The van der Waals surface area contributed by atoms with Crippen molar-refractivity contribution in [2.45, 2.75) is 71.1 Å². The van der Waals surface area contributed by atoms with Gasteiger partial charge in [-0.3, -0.25) is 0 Å². The van der Waals surface area contributed by atoms with Crippen LogP contribution in [0.4, 0.5) is 9.59 Å². The molecule has 0 unspecified atom stereocenters. The molecule has 0 radical (unpaired) electrons.